The molecule has 0 spiro atoms. The summed E-state index contributed by atoms with van der Waals surface area (Å²) in [4.78, 5) is 40.8. The van der Waals surface area contributed by atoms with E-state index in [1.807, 2.05) is 9.80 Å². The highest BCUT2D eigenvalue weighted by Gasteiger charge is 2.30. The molecule has 1 aromatic heterocycles. The third kappa shape index (κ3) is 6.96. The van der Waals surface area contributed by atoms with Gasteiger partial charge in [-0.05, 0) is 43.6 Å². The summed E-state index contributed by atoms with van der Waals surface area (Å²) in [6.07, 6.45) is 7.57. The first-order valence-corrected chi connectivity index (χ1v) is 14.9. The van der Waals surface area contributed by atoms with Crippen LogP contribution in [0.15, 0.2) is 41.6 Å². The smallest absolute Gasteiger partial charge is 0.233 e. The van der Waals surface area contributed by atoms with Gasteiger partial charge in [0.15, 0.2) is 5.16 Å². The van der Waals surface area contributed by atoms with E-state index in [1.165, 1.54) is 30.2 Å². The molecule has 1 aliphatic carbocycles. The van der Waals surface area contributed by atoms with Crippen LogP contribution in [-0.2, 0) is 16.0 Å². The highest BCUT2D eigenvalue weighted by atomic mass is 35.5. The van der Waals surface area contributed by atoms with Crippen LogP contribution >= 0.6 is 23.4 Å². The van der Waals surface area contributed by atoms with E-state index < -0.39 is 0 Å². The molecule has 5 rings (SSSR count). The molecule has 1 aromatic carbocycles. The Morgan fingerprint density at radius 1 is 0.892 bits per heavy atom. The van der Waals surface area contributed by atoms with Gasteiger partial charge in [0, 0.05) is 51.3 Å². The number of amides is 2. The van der Waals surface area contributed by atoms with Crippen molar-refractivity contribution in [2.24, 2.45) is 11.8 Å². The number of rotatable bonds is 7. The van der Waals surface area contributed by atoms with Crippen LogP contribution in [0.2, 0.25) is 5.15 Å². The SMILES string of the molecule is O=C(CSc1nc(Cl)cc(N2CCN(C(=O)C3CCCC3)CC2)n1)N1CCC(Cc2ccccc2)CC1. The number of carbonyl (C=O) groups excluding carboxylic acids is 2. The van der Waals surface area contributed by atoms with E-state index in [4.69, 9.17) is 16.6 Å². The highest BCUT2D eigenvalue weighted by molar-refractivity contribution is 7.99. The second-order valence-corrected chi connectivity index (χ2v) is 11.8. The molecular weight excluding hydrogens is 506 g/mol. The Kier molecular flexibility index (Phi) is 8.87. The van der Waals surface area contributed by atoms with Gasteiger partial charge in [0.05, 0.1) is 5.75 Å². The molecule has 0 atom stereocenters. The van der Waals surface area contributed by atoms with Crippen molar-refractivity contribution in [3.05, 3.63) is 47.1 Å². The first-order valence-electron chi connectivity index (χ1n) is 13.6. The van der Waals surface area contributed by atoms with E-state index in [9.17, 15) is 9.59 Å². The Hall–Kier alpha value is -2.32. The second kappa shape index (κ2) is 12.5. The lowest BCUT2D eigenvalue weighted by atomic mass is 9.90. The summed E-state index contributed by atoms with van der Waals surface area (Å²) in [5, 5.41) is 0.908. The lowest BCUT2D eigenvalue weighted by Crippen LogP contribution is -2.50. The highest BCUT2D eigenvalue weighted by Crippen LogP contribution is 2.28. The van der Waals surface area contributed by atoms with Crippen LogP contribution in [0.1, 0.15) is 44.1 Å². The zero-order valence-corrected chi connectivity index (χ0v) is 22.9. The Morgan fingerprint density at radius 2 is 1.59 bits per heavy atom. The molecule has 2 amide bonds. The van der Waals surface area contributed by atoms with Crippen LogP contribution < -0.4 is 4.90 Å². The van der Waals surface area contributed by atoms with Gasteiger partial charge in [-0.25, -0.2) is 9.97 Å². The average molecular weight is 542 g/mol. The van der Waals surface area contributed by atoms with Crippen molar-refractivity contribution >= 4 is 41.0 Å². The van der Waals surface area contributed by atoms with Gasteiger partial charge >= 0.3 is 0 Å². The van der Waals surface area contributed by atoms with Crippen molar-refractivity contribution in [2.45, 2.75) is 50.1 Å². The summed E-state index contributed by atoms with van der Waals surface area (Å²) in [6, 6.07) is 12.4. The van der Waals surface area contributed by atoms with E-state index in [2.05, 4.69) is 40.2 Å². The number of hydrogen-bond acceptors (Lipinski definition) is 6. The van der Waals surface area contributed by atoms with E-state index in [1.54, 1.807) is 6.07 Å². The van der Waals surface area contributed by atoms with Crippen molar-refractivity contribution in [3.63, 3.8) is 0 Å². The van der Waals surface area contributed by atoms with Crippen molar-refractivity contribution in [1.29, 1.82) is 0 Å². The topological polar surface area (TPSA) is 69.6 Å². The first-order chi connectivity index (χ1) is 18.0. The molecule has 2 saturated heterocycles. The number of carbonyl (C=O) groups is 2. The van der Waals surface area contributed by atoms with Gasteiger partial charge in [0.1, 0.15) is 11.0 Å². The zero-order chi connectivity index (χ0) is 25.6. The van der Waals surface area contributed by atoms with Crippen molar-refractivity contribution in [2.75, 3.05) is 49.9 Å². The summed E-state index contributed by atoms with van der Waals surface area (Å²) in [5.41, 5.74) is 1.37. The normalized spacial score (nSPS) is 19.4. The van der Waals surface area contributed by atoms with Crippen LogP contribution in [0.5, 0.6) is 0 Å². The molecule has 2 aliphatic heterocycles. The summed E-state index contributed by atoms with van der Waals surface area (Å²) in [7, 11) is 0. The number of benzene rings is 1. The number of piperidine rings is 1. The van der Waals surface area contributed by atoms with Gasteiger partial charge in [-0.1, -0.05) is 66.5 Å². The van der Waals surface area contributed by atoms with Gasteiger partial charge in [0.2, 0.25) is 11.8 Å². The number of piperazine rings is 1. The minimum atomic E-state index is 0.132. The van der Waals surface area contributed by atoms with Crippen LogP contribution in [0.3, 0.4) is 0 Å². The van der Waals surface area contributed by atoms with E-state index in [0.29, 0.717) is 41.0 Å². The van der Waals surface area contributed by atoms with Gasteiger partial charge in [-0.15, -0.1) is 0 Å². The van der Waals surface area contributed by atoms with Crippen LogP contribution in [0.4, 0.5) is 5.82 Å². The Labute approximate surface area is 229 Å². The minimum absolute atomic E-state index is 0.132. The van der Waals surface area contributed by atoms with Crippen LogP contribution in [0.25, 0.3) is 0 Å². The molecule has 0 N–H and O–H groups in total. The quantitative estimate of drug-likeness (QED) is 0.291. The predicted octanol–water partition coefficient (Wildman–Crippen LogP) is 4.54. The average Bonchev–Trinajstić information content (AvgIpc) is 3.47. The third-order valence-electron chi connectivity index (χ3n) is 7.94. The molecule has 7 nitrogen and oxygen atoms in total. The summed E-state index contributed by atoms with van der Waals surface area (Å²) in [6.45, 7) is 4.49. The standard InChI is InChI=1S/C28H36ClN5O2S/c29-24-19-25(32-14-16-34(17-15-32)27(36)23-8-4-5-9-23)31-28(30-24)37-20-26(35)33-12-10-22(11-13-33)18-21-6-2-1-3-7-21/h1-3,6-7,19,22-23H,4-5,8-18,20H2. The largest absolute Gasteiger partial charge is 0.353 e. The number of likely N-dealkylation sites (tertiary alicyclic amines) is 1. The number of anilines is 1. The Bertz CT molecular complexity index is 1070. The third-order valence-corrected chi connectivity index (χ3v) is 8.97. The van der Waals surface area contributed by atoms with Crippen molar-refractivity contribution < 1.29 is 9.59 Å². The minimum Gasteiger partial charge on any atom is -0.353 e. The number of thioether (sulfide) groups is 1. The molecule has 1 saturated carbocycles. The number of hydrogen-bond donors (Lipinski definition) is 0. The lowest BCUT2D eigenvalue weighted by Gasteiger charge is -2.36. The summed E-state index contributed by atoms with van der Waals surface area (Å²) < 4.78 is 0. The summed E-state index contributed by atoms with van der Waals surface area (Å²) >= 11 is 7.68. The van der Waals surface area contributed by atoms with Crippen molar-refractivity contribution in [3.8, 4) is 0 Å². The molecule has 198 valence electrons. The van der Waals surface area contributed by atoms with E-state index >= 15 is 0 Å². The van der Waals surface area contributed by atoms with Crippen LogP contribution in [0, 0.1) is 11.8 Å². The molecule has 2 aromatic rings. The molecule has 0 unspecified atom stereocenters. The number of aromatic nitrogens is 2. The number of halogens is 1. The predicted molar refractivity (Wildman–Crippen MR) is 148 cm³/mol. The van der Waals surface area contributed by atoms with Crippen LogP contribution in [-0.4, -0.2) is 76.6 Å². The molecule has 3 heterocycles. The van der Waals surface area contributed by atoms with Gasteiger partial charge < -0.3 is 14.7 Å². The molecule has 3 aliphatic rings. The first kappa shape index (κ1) is 26.3. The van der Waals surface area contributed by atoms with Gasteiger partial charge in [-0.3, -0.25) is 9.59 Å². The van der Waals surface area contributed by atoms with Gasteiger partial charge in [-0.2, -0.15) is 0 Å². The molecule has 0 bridgehead atoms. The maximum atomic E-state index is 12.9. The Balaban J connectivity index is 1.09. The van der Waals surface area contributed by atoms with E-state index in [-0.39, 0.29) is 11.8 Å². The van der Waals surface area contributed by atoms with Crippen molar-refractivity contribution in [1.82, 2.24) is 19.8 Å². The maximum Gasteiger partial charge on any atom is 0.233 e. The molecule has 9 heteroatoms. The monoisotopic (exact) mass is 541 g/mol. The van der Waals surface area contributed by atoms with E-state index in [0.717, 1.165) is 64.1 Å². The fraction of sp³-hybridized carbons (Fsp3) is 0.571. The fourth-order valence-corrected chi connectivity index (χ4v) is 6.73. The molecule has 3 fully saturated rings. The number of nitrogens with zero attached hydrogens (tertiary/aromatic N) is 5. The lowest BCUT2D eigenvalue weighted by molar-refractivity contribution is -0.135. The zero-order valence-electron chi connectivity index (χ0n) is 21.4. The second-order valence-electron chi connectivity index (χ2n) is 10.4. The Morgan fingerprint density at radius 3 is 2.30 bits per heavy atom. The fourth-order valence-electron chi connectivity index (χ4n) is 5.75. The maximum absolute atomic E-state index is 12.9. The molecular formula is C28H36ClN5O2S. The molecule has 37 heavy (non-hydrogen) atoms. The molecule has 0 radical (unpaired) electrons. The summed E-state index contributed by atoms with van der Waals surface area (Å²) in [5.74, 6) is 2.38. The van der Waals surface area contributed by atoms with Gasteiger partial charge in [0.25, 0.3) is 0 Å².